The molecule has 7 heteroatoms. The van der Waals surface area contributed by atoms with Crippen LogP contribution >= 0.6 is 0 Å². The zero-order chi connectivity index (χ0) is 16.1. The molecule has 0 aliphatic carbocycles. The molecule has 1 N–H and O–H groups in total. The lowest BCUT2D eigenvalue weighted by Gasteiger charge is -2.15. The van der Waals surface area contributed by atoms with Gasteiger partial charge in [-0.15, -0.1) is 0 Å². The molecule has 0 saturated carbocycles. The predicted molar refractivity (Wildman–Crippen MR) is 84.8 cm³/mol. The van der Waals surface area contributed by atoms with Crippen molar-refractivity contribution in [3.05, 3.63) is 60.9 Å². The third-order valence-electron chi connectivity index (χ3n) is 3.55. The minimum atomic E-state index is -0.0752. The van der Waals surface area contributed by atoms with Crippen LogP contribution in [0.3, 0.4) is 0 Å². The summed E-state index contributed by atoms with van der Waals surface area (Å²) in [5.41, 5.74) is 2.00. The van der Waals surface area contributed by atoms with Gasteiger partial charge in [-0.25, -0.2) is 9.67 Å². The summed E-state index contributed by atoms with van der Waals surface area (Å²) in [4.78, 5) is 15.9. The van der Waals surface area contributed by atoms with E-state index in [0.29, 0.717) is 13.0 Å². The molecular weight excluding hydrogens is 292 g/mol. The number of hydrogen-bond donors (Lipinski definition) is 1. The third-order valence-corrected chi connectivity index (χ3v) is 3.55. The van der Waals surface area contributed by atoms with E-state index in [0.717, 1.165) is 11.3 Å². The first-order valence-electron chi connectivity index (χ1n) is 7.44. The van der Waals surface area contributed by atoms with Crippen LogP contribution in [0.4, 0.5) is 0 Å². The number of nitrogens with one attached hydrogen (secondary N) is 1. The highest BCUT2D eigenvalue weighted by Crippen LogP contribution is 2.16. The number of rotatable bonds is 6. The van der Waals surface area contributed by atoms with Gasteiger partial charge in [0, 0.05) is 18.8 Å². The summed E-state index contributed by atoms with van der Waals surface area (Å²) in [6.07, 6.45) is 7.06. The van der Waals surface area contributed by atoms with Crippen molar-refractivity contribution in [2.75, 3.05) is 0 Å². The van der Waals surface area contributed by atoms with Gasteiger partial charge in [-0.2, -0.15) is 10.2 Å². The van der Waals surface area contributed by atoms with E-state index in [1.165, 1.54) is 6.33 Å². The molecule has 0 radical (unpaired) electrons. The molecule has 23 heavy (non-hydrogen) atoms. The van der Waals surface area contributed by atoms with E-state index >= 15 is 0 Å². The first-order chi connectivity index (χ1) is 11.2. The number of carbonyl (C=O) groups excluding carboxylic acids is 1. The normalized spacial score (nSPS) is 12.0. The first kappa shape index (κ1) is 15.0. The number of benzene rings is 1. The lowest BCUT2D eigenvalue weighted by molar-refractivity contribution is -0.122. The Balaban J connectivity index is 1.60. The smallest absolute Gasteiger partial charge is 0.222 e. The van der Waals surface area contributed by atoms with Crippen molar-refractivity contribution in [3.63, 3.8) is 0 Å². The molecule has 2 aromatic heterocycles. The number of amides is 1. The maximum atomic E-state index is 12.0. The van der Waals surface area contributed by atoms with Crippen LogP contribution in [0.25, 0.3) is 5.69 Å². The van der Waals surface area contributed by atoms with Crippen LogP contribution in [0.15, 0.2) is 55.4 Å². The fourth-order valence-electron chi connectivity index (χ4n) is 2.32. The zero-order valence-electron chi connectivity index (χ0n) is 12.8. The van der Waals surface area contributed by atoms with Gasteiger partial charge in [-0.1, -0.05) is 12.1 Å². The molecule has 7 nitrogen and oxygen atoms in total. The van der Waals surface area contributed by atoms with Crippen molar-refractivity contribution in [2.24, 2.45) is 0 Å². The highest BCUT2D eigenvalue weighted by molar-refractivity contribution is 5.76. The molecule has 0 aliphatic heterocycles. The van der Waals surface area contributed by atoms with E-state index in [-0.39, 0.29) is 11.9 Å². The van der Waals surface area contributed by atoms with Gasteiger partial charge in [-0.3, -0.25) is 9.48 Å². The number of hydrogen-bond acceptors (Lipinski definition) is 4. The van der Waals surface area contributed by atoms with Crippen molar-refractivity contribution in [2.45, 2.75) is 25.9 Å². The second-order valence-corrected chi connectivity index (χ2v) is 5.24. The molecule has 1 atom stereocenters. The topological polar surface area (TPSA) is 77.6 Å². The molecule has 0 fully saturated rings. The summed E-state index contributed by atoms with van der Waals surface area (Å²) < 4.78 is 3.44. The van der Waals surface area contributed by atoms with Crippen molar-refractivity contribution in [1.82, 2.24) is 29.9 Å². The molecular formula is C16H18N6O. The molecule has 3 rings (SSSR count). The molecule has 0 unspecified atom stereocenters. The molecule has 3 aromatic rings. The minimum absolute atomic E-state index is 0.0162. The lowest BCUT2D eigenvalue weighted by Crippen LogP contribution is -2.27. The van der Waals surface area contributed by atoms with Gasteiger partial charge < -0.3 is 5.32 Å². The second-order valence-electron chi connectivity index (χ2n) is 5.24. The Morgan fingerprint density at radius 1 is 1.30 bits per heavy atom. The molecule has 118 valence electrons. The first-order valence-corrected chi connectivity index (χ1v) is 7.44. The van der Waals surface area contributed by atoms with E-state index < -0.39 is 0 Å². The Bertz CT molecular complexity index is 751. The summed E-state index contributed by atoms with van der Waals surface area (Å²) in [6.45, 7) is 2.49. The number of aromatic nitrogens is 5. The molecule has 0 bridgehead atoms. The highest BCUT2D eigenvalue weighted by Gasteiger charge is 2.10. The standard InChI is InChI=1S/C16H18N6O/c1-13(20-16(23)6-9-21-12-17-11-19-21)14-4-2-5-15(10-14)22-8-3-7-18-22/h2-5,7-8,10-13H,6,9H2,1H3,(H,20,23)/t13-/m0/s1. The fourth-order valence-corrected chi connectivity index (χ4v) is 2.32. The molecule has 0 saturated heterocycles. The van der Waals surface area contributed by atoms with Gasteiger partial charge in [0.1, 0.15) is 12.7 Å². The molecule has 0 aliphatic rings. The average Bonchev–Trinajstić information content (AvgIpc) is 3.26. The van der Waals surface area contributed by atoms with Crippen molar-refractivity contribution in [3.8, 4) is 5.69 Å². The van der Waals surface area contributed by atoms with Crippen LogP contribution in [0.1, 0.15) is 24.9 Å². The fraction of sp³-hybridized carbons (Fsp3) is 0.250. The highest BCUT2D eigenvalue weighted by atomic mass is 16.1. The Kier molecular flexibility index (Phi) is 4.46. The van der Waals surface area contributed by atoms with Gasteiger partial charge in [-0.05, 0) is 30.7 Å². The van der Waals surface area contributed by atoms with Gasteiger partial charge in [0.15, 0.2) is 0 Å². The van der Waals surface area contributed by atoms with Gasteiger partial charge >= 0.3 is 0 Å². The number of nitrogens with zero attached hydrogens (tertiary/aromatic N) is 5. The summed E-state index contributed by atoms with van der Waals surface area (Å²) in [5.74, 6) is -0.0162. The van der Waals surface area contributed by atoms with Crippen molar-refractivity contribution in [1.29, 1.82) is 0 Å². The SMILES string of the molecule is C[C@H](NC(=O)CCn1cncn1)c1cccc(-n2cccn2)c1. The van der Waals surface area contributed by atoms with Crippen LogP contribution < -0.4 is 5.32 Å². The van der Waals surface area contributed by atoms with E-state index in [4.69, 9.17) is 0 Å². The van der Waals surface area contributed by atoms with Gasteiger partial charge in [0.05, 0.1) is 18.3 Å². The zero-order valence-corrected chi connectivity index (χ0v) is 12.8. The van der Waals surface area contributed by atoms with E-state index in [1.807, 2.05) is 43.5 Å². The van der Waals surface area contributed by atoms with Crippen LogP contribution in [-0.4, -0.2) is 30.5 Å². The lowest BCUT2D eigenvalue weighted by atomic mass is 10.1. The predicted octanol–water partition coefficient (Wildman–Crippen LogP) is 1.73. The summed E-state index contributed by atoms with van der Waals surface area (Å²) in [7, 11) is 0. The van der Waals surface area contributed by atoms with E-state index in [1.54, 1.807) is 21.9 Å². The summed E-state index contributed by atoms with van der Waals surface area (Å²) in [6, 6.07) is 9.76. The molecule has 1 aromatic carbocycles. The van der Waals surface area contributed by atoms with Crippen LogP contribution in [0.2, 0.25) is 0 Å². The Morgan fingerprint density at radius 2 is 2.22 bits per heavy atom. The largest absolute Gasteiger partial charge is 0.350 e. The van der Waals surface area contributed by atoms with E-state index in [9.17, 15) is 4.79 Å². The second kappa shape index (κ2) is 6.87. The Hall–Kier alpha value is -2.96. The molecule has 2 heterocycles. The van der Waals surface area contributed by atoms with Crippen LogP contribution in [0.5, 0.6) is 0 Å². The quantitative estimate of drug-likeness (QED) is 0.752. The monoisotopic (exact) mass is 310 g/mol. The number of aryl methyl sites for hydroxylation is 1. The van der Waals surface area contributed by atoms with Gasteiger partial charge in [0.2, 0.25) is 5.91 Å². The maximum absolute atomic E-state index is 12.0. The van der Waals surface area contributed by atoms with Crippen LogP contribution in [0, 0.1) is 0 Å². The van der Waals surface area contributed by atoms with Crippen molar-refractivity contribution < 1.29 is 4.79 Å². The van der Waals surface area contributed by atoms with Crippen LogP contribution in [-0.2, 0) is 11.3 Å². The Labute approximate surface area is 134 Å². The van der Waals surface area contributed by atoms with Gasteiger partial charge in [0.25, 0.3) is 0 Å². The molecule has 0 spiro atoms. The minimum Gasteiger partial charge on any atom is -0.350 e. The van der Waals surface area contributed by atoms with E-state index in [2.05, 4.69) is 20.5 Å². The summed E-state index contributed by atoms with van der Waals surface area (Å²) >= 11 is 0. The summed E-state index contributed by atoms with van der Waals surface area (Å²) in [5, 5.41) is 11.2. The molecule has 1 amide bonds. The Morgan fingerprint density at radius 3 is 2.96 bits per heavy atom. The maximum Gasteiger partial charge on any atom is 0.222 e. The third kappa shape index (κ3) is 3.82. The number of carbonyl (C=O) groups is 1. The average molecular weight is 310 g/mol. The van der Waals surface area contributed by atoms with Crippen molar-refractivity contribution >= 4 is 5.91 Å².